The minimum absolute atomic E-state index is 0.609. The normalized spacial score (nSPS) is 10.5. The van der Waals surface area contributed by atoms with Crippen molar-refractivity contribution >= 4 is 23.6 Å². The summed E-state index contributed by atoms with van der Waals surface area (Å²) in [5, 5.41) is 2.11. The van der Waals surface area contributed by atoms with Crippen molar-refractivity contribution in [2.75, 3.05) is 21.3 Å². The van der Waals surface area contributed by atoms with Crippen LogP contribution in [0.25, 0.3) is 0 Å². The molecule has 2 aromatic rings. The Labute approximate surface area is 133 Å². The van der Waals surface area contributed by atoms with Crippen molar-refractivity contribution in [3.8, 4) is 17.2 Å². The lowest BCUT2D eigenvalue weighted by molar-refractivity contribution is 0.321. The molecule has 0 amide bonds. The van der Waals surface area contributed by atoms with Crippen LogP contribution < -0.4 is 14.2 Å². The van der Waals surface area contributed by atoms with Gasteiger partial charge >= 0.3 is 0 Å². The number of methoxy groups -OCH3 is 3. The highest BCUT2D eigenvalue weighted by molar-refractivity contribution is 7.73. The predicted molar refractivity (Wildman–Crippen MR) is 87.7 cm³/mol. The second-order valence-corrected chi connectivity index (χ2v) is 5.93. The van der Waals surface area contributed by atoms with Gasteiger partial charge in [0.15, 0.2) is 15.5 Å². The number of benzene rings is 1. The van der Waals surface area contributed by atoms with Gasteiger partial charge in [-0.2, -0.15) is 0 Å². The van der Waals surface area contributed by atoms with E-state index in [1.54, 1.807) is 32.7 Å². The molecule has 0 saturated carbocycles. The molecule has 0 spiro atoms. The molecule has 0 aliphatic rings. The quantitative estimate of drug-likeness (QED) is 0.754. The number of aromatic nitrogens is 1. The lowest BCUT2D eigenvalue weighted by Gasteiger charge is -2.16. The van der Waals surface area contributed by atoms with E-state index in [1.165, 1.54) is 5.69 Å². The van der Waals surface area contributed by atoms with Crippen LogP contribution in [0, 0.1) is 3.95 Å². The zero-order chi connectivity index (χ0) is 15.4. The molecular weight excluding hydrogens is 306 g/mol. The van der Waals surface area contributed by atoms with Gasteiger partial charge in [-0.3, -0.25) is 0 Å². The number of hydrogen-bond acceptors (Lipinski definition) is 5. The predicted octanol–water partition coefficient (Wildman–Crippen LogP) is 3.92. The Hall–Kier alpha value is -1.53. The van der Waals surface area contributed by atoms with Crippen LogP contribution >= 0.6 is 23.6 Å². The average molecular weight is 325 g/mol. The maximum Gasteiger partial charge on any atom is 0.203 e. The van der Waals surface area contributed by atoms with Gasteiger partial charge in [-0.25, -0.2) is 0 Å². The Bertz CT molecular complexity index is 676. The molecule has 1 aromatic heterocycles. The van der Waals surface area contributed by atoms with Crippen LogP contribution in [0.4, 0.5) is 0 Å². The van der Waals surface area contributed by atoms with E-state index in [9.17, 15) is 0 Å². The van der Waals surface area contributed by atoms with Gasteiger partial charge in [0.1, 0.15) is 0 Å². The molecule has 0 atom stereocenters. The SMILES string of the molecule is CCc1csc(=S)n1Cc1ccc(OC)c(OC)c1OC. The van der Waals surface area contributed by atoms with E-state index in [1.807, 2.05) is 12.1 Å². The third-order valence-electron chi connectivity index (χ3n) is 3.34. The fraction of sp³-hybridized carbons (Fsp3) is 0.400. The minimum atomic E-state index is 0.609. The topological polar surface area (TPSA) is 32.6 Å². The van der Waals surface area contributed by atoms with Gasteiger partial charge < -0.3 is 18.8 Å². The fourth-order valence-electron chi connectivity index (χ4n) is 2.26. The van der Waals surface area contributed by atoms with Gasteiger partial charge in [0.2, 0.25) is 5.75 Å². The highest BCUT2D eigenvalue weighted by atomic mass is 32.1. The van der Waals surface area contributed by atoms with Crippen LogP contribution in [-0.2, 0) is 13.0 Å². The van der Waals surface area contributed by atoms with Gasteiger partial charge in [-0.1, -0.05) is 6.92 Å². The molecule has 2 rings (SSSR count). The zero-order valence-corrected chi connectivity index (χ0v) is 14.3. The molecule has 0 fully saturated rings. The van der Waals surface area contributed by atoms with Crippen molar-refractivity contribution < 1.29 is 14.2 Å². The lowest BCUT2D eigenvalue weighted by Crippen LogP contribution is -2.06. The van der Waals surface area contributed by atoms with Gasteiger partial charge in [-0.15, -0.1) is 11.3 Å². The van der Waals surface area contributed by atoms with E-state index in [2.05, 4.69) is 16.9 Å². The first-order valence-electron chi connectivity index (χ1n) is 6.61. The third kappa shape index (κ3) is 3.06. The van der Waals surface area contributed by atoms with Crippen molar-refractivity contribution in [1.82, 2.24) is 4.57 Å². The summed E-state index contributed by atoms with van der Waals surface area (Å²) >= 11 is 7.00. The number of rotatable bonds is 6. The van der Waals surface area contributed by atoms with E-state index >= 15 is 0 Å². The van der Waals surface area contributed by atoms with Crippen LogP contribution in [0.1, 0.15) is 18.2 Å². The summed E-state index contributed by atoms with van der Waals surface area (Å²) in [6, 6.07) is 3.87. The fourth-order valence-corrected chi connectivity index (χ4v) is 3.43. The van der Waals surface area contributed by atoms with E-state index in [0.29, 0.717) is 23.8 Å². The molecule has 0 N–H and O–H groups in total. The molecule has 0 radical (unpaired) electrons. The Kier molecular flexibility index (Phi) is 5.25. The van der Waals surface area contributed by atoms with Crippen molar-refractivity contribution in [2.24, 2.45) is 0 Å². The Morgan fingerprint density at radius 3 is 2.38 bits per heavy atom. The Morgan fingerprint density at radius 1 is 1.10 bits per heavy atom. The highest BCUT2D eigenvalue weighted by Gasteiger charge is 2.16. The largest absolute Gasteiger partial charge is 0.493 e. The Balaban J connectivity index is 2.49. The lowest BCUT2D eigenvalue weighted by atomic mass is 10.1. The maximum atomic E-state index is 5.52. The van der Waals surface area contributed by atoms with Gasteiger partial charge in [0.25, 0.3) is 0 Å². The average Bonchev–Trinajstić information content (AvgIpc) is 2.86. The van der Waals surface area contributed by atoms with Gasteiger partial charge in [0, 0.05) is 16.6 Å². The standard InChI is InChI=1S/C15H19NO3S2/c1-5-11-9-21-15(20)16(11)8-10-6-7-12(17-2)14(19-4)13(10)18-3/h6-7,9H,5,8H2,1-4H3. The molecule has 114 valence electrons. The summed E-state index contributed by atoms with van der Waals surface area (Å²) in [6.07, 6.45) is 0.947. The van der Waals surface area contributed by atoms with Crippen LogP contribution in [-0.4, -0.2) is 25.9 Å². The first-order chi connectivity index (χ1) is 10.2. The molecule has 0 unspecified atom stereocenters. The second kappa shape index (κ2) is 6.95. The molecule has 0 aliphatic carbocycles. The second-order valence-electron chi connectivity index (χ2n) is 4.43. The van der Waals surface area contributed by atoms with Gasteiger partial charge in [0.05, 0.1) is 27.9 Å². The summed E-state index contributed by atoms with van der Waals surface area (Å²) in [7, 11) is 4.85. The molecule has 0 saturated heterocycles. The van der Waals surface area contributed by atoms with Gasteiger partial charge in [-0.05, 0) is 30.8 Å². The molecule has 1 heterocycles. The number of hydrogen-bond donors (Lipinski definition) is 0. The number of nitrogens with zero attached hydrogens (tertiary/aromatic N) is 1. The number of thiazole rings is 1. The number of aryl methyl sites for hydroxylation is 1. The van der Waals surface area contributed by atoms with E-state index in [-0.39, 0.29) is 0 Å². The first-order valence-corrected chi connectivity index (χ1v) is 7.90. The summed E-state index contributed by atoms with van der Waals surface area (Å²) in [4.78, 5) is 0. The summed E-state index contributed by atoms with van der Waals surface area (Å²) < 4.78 is 19.2. The molecule has 21 heavy (non-hydrogen) atoms. The Morgan fingerprint density at radius 2 is 1.81 bits per heavy atom. The maximum absolute atomic E-state index is 5.52. The summed E-state index contributed by atoms with van der Waals surface area (Å²) in [5.74, 6) is 1.95. The smallest absolute Gasteiger partial charge is 0.203 e. The highest BCUT2D eigenvalue weighted by Crippen LogP contribution is 2.40. The molecule has 6 heteroatoms. The van der Waals surface area contributed by atoms with E-state index < -0.39 is 0 Å². The first kappa shape index (κ1) is 15.9. The monoisotopic (exact) mass is 325 g/mol. The van der Waals surface area contributed by atoms with Crippen molar-refractivity contribution in [3.05, 3.63) is 32.7 Å². The molecular formula is C15H19NO3S2. The molecule has 1 aromatic carbocycles. The third-order valence-corrected chi connectivity index (χ3v) is 4.66. The molecule has 0 bridgehead atoms. The van der Waals surface area contributed by atoms with E-state index in [4.69, 9.17) is 26.4 Å². The minimum Gasteiger partial charge on any atom is -0.493 e. The van der Waals surface area contributed by atoms with Crippen molar-refractivity contribution in [2.45, 2.75) is 19.9 Å². The molecule has 0 aliphatic heterocycles. The van der Waals surface area contributed by atoms with E-state index in [0.717, 1.165) is 15.9 Å². The van der Waals surface area contributed by atoms with Crippen molar-refractivity contribution in [1.29, 1.82) is 0 Å². The summed E-state index contributed by atoms with van der Waals surface area (Å²) in [5.41, 5.74) is 2.24. The molecule has 4 nitrogen and oxygen atoms in total. The summed E-state index contributed by atoms with van der Waals surface area (Å²) in [6.45, 7) is 2.79. The van der Waals surface area contributed by atoms with Crippen LogP contribution in [0.2, 0.25) is 0 Å². The number of ether oxygens (including phenoxy) is 3. The van der Waals surface area contributed by atoms with Crippen molar-refractivity contribution in [3.63, 3.8) is 0 Å². The zero-order valence-electron chi connectivity index (χ0n) is 12.6. The van der Waals surface area contributed by atoms with Crippen LogP contribution in [0.3, 0.4) is 0 Å². The van der Waals surface area contributed by atoms with Crippen LogP contribution in [0.5, 0.6) is 17.2 Å². The van der Waals surface area contributed by atoms with Crippen LogP contribution in [0.15, 0.2) is 17.5 Å².